The zero-order chi connectivity index (χ0) is 37.4. The second-order valence-electron chi connectivity index (χ2n) is 15.1. The first kappa shape index (κ1) is 37.7. The van der Waals surface area contributed by atoms with Crippen molar-refractivity contribution in [2.75, 3.05) is 33.5 Å². The van der Waals surface area contributed by atoms with Gasteiger partial charge in [0, 0.05) is 54.1 Å². The quantitative estimate of drug-likeness (QED) is 0.345. The number of nitrogens with one attached hydrogen (secondary N) is 2. The molecule has 12 nitrogen and oxygen atoms in total. The lowest BCUT2D eigenvalue weighted by Crippen LogP contribution is -2.61. The Morgan fingerprint density at radius 1 is 1.27 bits per heavy atom. The number of benzene rings is 1. The van der Waals surface area contributed by atoms with Crippen LogP contribution in [0.5, 0.6) is 0 Å². The number of hydrazine groups is 1. The number of fused-ring (bicyclic) bond motifs is 3. The molecule has 1 aliphatic carbocycles. The Balaban J connectivity index is 1.43. The number of alkyl halides is 3. The molecule has 2 aliphatic heterocycles. The van der Waals surface area contributed by atoms with Crippen molar-refractivity contribution in [2.24, 2.45) is 17.3 Å². The fourth-order valence-electron chi connectivity index (χ4n) is 7.17. The van der Waals surface area contributed by atoms with Gasteiger partial charge in [0.15, 0.2) is 6.61 Å². The van der Waals surface area contributed by atoms with Gasteiger partial charge >= 0.3 is 12.3 Å². The number of ether oxygens (including phenoxy) is 2. The summed E-state index contributed by atoms with van der Waals surface area (Å²) in [6.45, 7) is 6.71. The van der Waals surface area contributed by atoms with Crippen molar-refractivity contribution in [3.8, 4) is 11.3 Å². The summed E-state index contributed by atoms with van der Waals surface area (Å²) in [5, 5.41) is 4.84. The van der Waals surface area contributed by atoms with Gasteiger partial charge in [-0.3, -0.25) is 19.6 Å². The average molecular weight is 730 g/mol. The zero-order valence-electron chi connectivity index (χ0n) is 30.3. The lowest BCUT2D eigenvalue weighted by Gasteiger charge is -2.32. The highest BCUT2D eigenvalue weighted by molar-refractivity contribution is 5.93. The molecule has 0 unspecified atom stereocenters. The van der Waals surface area contributed by atoms with E-state index in [1.54, 1.807) is 37.4 Å². The molecule has 282 valence electrons. The predicted octanol–water partition coefficient (Wildman–Crippen LogP) is 5.42. The molecule has 1 aromatic carbocycles. The lowest BCUT2D eigenvalue weighted by atomic mass is 9.84. The van der Waals surface area contributed by atoms with Gasteiger partial charge in [0.2, 0.25) is 10.8 Å². The van der Waals surface area contributed by atoms with Crippen molar-refractivity contribution in [1.82, 2.24) is 25.3 Å². The number of methoxy groups -OCH3 is 1. The Kier molecular flexibility index (Phi) is 10.9. The van der Waals surface area contributed by atoms with E-state index in [0.29, 0.717) is 64.1 Å². The Morgan fingerprint density at radius 3 is 2.75 bits per heavy atom. The minimum atomic E-state index is -4.53. The van der Waals surface area contributed by atoms with E-state index in [1.165, 1.54) is 16.7 Å². The van der Waals surface area contributed by atoms with Crippen LogP contribution in [-0.4, -0.2) is 83.2 Å². The van der Waals surface area contributed by atoms with E-state index in [9.17, 15) is 27.7 Å². The largest absolute Gasteiger partial charge is 0.406 e. The van der Waals surface area contributed by atoms with E-state index in [0.717, 1.165) is 12.0 Å². The number of amides is 2. The number of carbonyl (C=O) groups excluding carboxylic acids is 2. The summed E-state index contributed by atoms with van der Waals surface area (Å²) < 4.78 is 56.0. The van der Waals surface area contributed by atoms with E-state index in [4.69, 9.17) is 14.3 Å². The Morgan fingerprint density at radius 2 is 2.04 bits per heavy atom. The van der Waals surface area contributed by atoms with E-state index in [1.807, 2.05) is 26.8 Å². The minimum absolute atomic E-state index is 0.0613. The van der Waals surface area contributed by atoms with Crippen molar-refractivity contribution in [2.45, 2.75) is 90.8 Å². The molecule has 5 atom stereocenters. The molecule has 4 bridgehead atoms. The van der Waals surface area contributed by atoms with Gasteiger partial charge < -0.3 is 19.4 Å². The molecular formula is C37H48F3N6O6+. The molecule has 52 heavy (non-hydrogen) atoms. The van der Waals surface area contributed by atoms with Gasteiger partial charge in [-0.15, -0.1) is 0 Å². The van der Waals surface area contributed by atoms with Gasteiger partial charge in [-0.25, -0.2) is 4.84 Å². The Hall–Kier alpha value is -4.08. The smallest absolute Gasteiger partial charge is 0.378 e. The van der Waals surface area contributed by atoms with Crippen LogP contribution < -0.4 is 10.7 Å². The monoisotopic (exact) mass is 729 g/mol. The van der Waals surface area contributed by atoms with Gasteiger partial charge in [0.25, 0.3) is 5.91 Å². The van der Waals surface area contributed by atoms with E-state index in [2.05, 4.69) is 15.7 Å². The fraction of sp³-hybridized carbons (Fsp3) is 0.595. The molecule has 3 aromatic rings. The van der Waals surface area contributed by atoms with Gasteiger partial charge in [-0.1, -0.05) is 26.8 Å². The maximum absolute atomic E-state index is 14.4. The molecule has 1 saturated heterocycles. The van der Waals surface area contributed by atoms with Gasteiger partial charge in [-0.2, -0.15) is 18.6 Å². The minimum Gasteiger partial charge on any atom is -0.378 e. The van der Waals surface area contributed by atoms with Crippen LogP contribution >= 0.6 is 0 Å². The number of carbonyl (C=O) groups is 2. The maximum atomic E-state index is 14.4. The summed E-state index contributed by atoms with van der Waals surface area (Å²) >= 11 is 0. The van der Waals surface area contributed by atoms with Crippen LogP contribution in [0.3, 0.4) is 0 Å². The molecule has 2 aromatic heterocycles. The second kappa shape index (κ2) is 15.1. The Labute approximate surface area is 300 Å². The topological polar surface area (TPSA) is 127 Å². The molecule has 3 aliphatic rings. The normalized spacial score (nSPS) is 25.0. The molecule has 2 fully saturated rings. The SMILES string of the molecule is CO[C@@H](C)c1ncccc1-c1c2c3cc(ccc3n1CC(F)(F)F)CCOC[C@H](NC(=O)[C@H]1C[C@@H]1C)C(=O)N1CCC[C@H](N1)[N+](=O)OCC(C)(C)C2. The predicted molar refractivity (Wildman–Crippen MR) is 185 cm³/mol. The standard InChI is InChI=1S/C37H47F3N6O6/c1-22-16-26(22)34(47)42-29-19-51-15-12-24-10-11-30-27(17-24)28(18-36(3,4)21-52-46(49)31-9-7-14-45(43-31)35(29)48)33(44(30)20-37(38,39)40)25-8-6-13-41-32(25)23(2)50-5/h6,8,10-11,13,17,22-23,26,29,31,43H,7,9,12,14-16,18-21H2,1-5H3/p+1/t22-,23-,26-,29-,31+/m0/s1. The van der Waals surface area contributed by atoms with Crippen molar-refractivity contribution in [1.29, 1.82) is 0 Å². The molecule has 1 saturated carbocycles. The van der Waals surface area contributed by atoms with Crippen LogP contribution in [-0.2, 0) is 43.3 Å². The first-order valence-electron chi connectivity index (χ1n) is 17.9. The number of halogens is 3. The number of rotatable bonds is 6. The van der Waals surface area contributed by atoms with Crippen molar-refractivity contribution in [3.63, 3.8) is 0 Å². The number of aromatic nitrogens is 2. The van der Waals surface area contributed by atoms with Crippen molar-refractivity contribution in [3.05, 3.63) is 58.3 Å². The molecule has 0 spiro atoms. The van der Waals surface area contributed by atoms with Crippen LogP contribution in [0.2, 0.25) is 0 Å². The first-order valence-corrected chi connectivity index (χ1v) is 17.9. The molecule has 2 N–H and O–H groups in total. The van der Waals surface area contributed by atoms with Gasteiger partial charge in [0.05, 0.1) is 35.6 Å². The van der Waals surface area contributed by atoms with Gasteiger partial charge in [-0.05, 0) is 73.9 Å². The van der Waals surface area contributed by atoms with Crippen molar-refractivity contribution >= 4 is 22.7 Å². The second-order valence-corrected chi connectivity index (χ2v) is 15.1. The van der Waals surface area contributed by atoms with Crippen LogP contribution in [0.1, 0.15) is 69.9 Å². The van der Waals surface area contributed by atoms with Crippen LogP contribution in [0.25, 0.3) is 22.2 Å². The fourth-order valence-corrected chi connectivity index (χ4v) is 7.17. The third-order valence-electron chi connectivity index (χ3n) is 10.2. The molecule has 0 radical (unpaired) electrons. The molecule has 4 heterocycles. The van der Waals surface area contributed by atoms with Crippen molar-refractivity contribution < 1.29 is 42.0 Å². The number of pyridine rings is 1. The highest BCUT2D eigenvalue weighted by atomic mass is 19.4. The third kappa shape index (κ3) is 8.42. The number of nitrogens with zero attached hydrogens (tertiary/aromatic N) is 4. The number of hydrogen-bond acceptors (Lipinski definition) is 8. The van der Waals surface area contributed by atoms with Gasteiger partial charge in [0.1, 0.15) is 12.6 Å². The zero-order valence-corrected chi connectivity index (χ0v) is 30.3. The summed E-state index contributed by atoms with van der Waals surface area (Å²) in [4.78, 5) is 50.8. The summed E-state index contributed by atoms with van der Waals surface area (Å²) in [7, 11) is 1.53. The molecule has 6 rings (SSSR count). The summed E-state index contributed by atoms with van der Waals surface area (Å²) in [6.07, 6.45) is -1.99. The maximum Gasteiger partial charge on any atom is 0.406 e. The van der Waals surface area contributed by atoms with E-state index < -0.39 is 42.4 Å². The Bertz CT molecular complexity index is 1810. The van der Waals surface area contributed by atoms with Crippen LogP contribution in [0.4, 0.5) is 13.2 Å². The van der Waals surface area contributed by atoms with Crippen LogP contribution in [0, 0.1) is 22.2 Å². The summed E-state index contributed by atoms with van der Waals surface area (Å²) in [6, 6.07) is 7.85. The summed E-state index contributed by atoms with van der Waals surface area (Å²) in [5.74, 6) is -0.548. The summed E-state index contributed by atoms with van der Waals surface area (Å²) in [5.41, 5.74) is 5.52. The highest BCUT2D eigenvalue weighted by Gasteiger charge is 2.43. The average Bonchev–Trinajstić information content (AvgIpc) is 3.79. The van der Waals surface area contributed by atoms with Crippen LogP contribution in [0.15, 0.2) is 36.5 Å². The molecular weight excluding hydrogens is 681 g/mol. The number of hydrogen-bond donors (Lipinski definition) is 2. The third-order valence-corrected chi connectivity index (χ3v) is 10.2. The molecule has 2 amide bonds. The highest BCUT2D eigenvalue weighted by Crippen LogP contribution is 2.42. The van der Waals surface area contributed by atoms with E-state index >= 15 is 0 Å². The lowest BCUT2D eigenvalue weighted by molar-refractivity contribution is -0.835. The van der Waals surface area contributed by atoms with E-state index in [-0.39, 0.29) is 44.0 Å². The molecule has 15 heteroatoms. The first-order chi connectivity index (χ1) is 24.7.